The molecule has 0 bridgehead atoms. The van der Waals surface area contributed by atoms with Gasteiger partial charge >= 0.3 is 0 Å². The van der Waals surface area contributed by atoms with Gasteiger partial charge in [0.15, 0.2) is 0 Å². The van der Waals surface area contributed by atoms with Crippen molar-refractivity contribution < 1.29 is 9.53 Å². The number of nitrogens with two attached hydrogens (primary N) is 1. The molecule has 0 radical (unpaired) electrons. The summed E-state index contributed by atoms with van der Waals surface area (Å²) in [4.78, 5) is 11.1. The molecule has 3 N–H and O–H groups in total. The summed E-state index contributed by atoms with van der Waals surface area (Å²) in [7, 11) is 1.64. The summed E-state index contributed by atoms with van der Waals surface area (Å²) in [5, 5.41) is 2.82. The molecular weight excluding hydrogens is 204 g/mol. The molecule has 4 heteroatoms. The number of carbonyl (C=O) groups is 1. The predicted molar refractivity (Wildman–Crippen MR) is 61.3 cm³/mol. The van der Waals surface area contributed by atoms with Gasteiger partial charge in [0.25, 0.3) is 0 Å². The Morgan fingerprint density at radius 2 is 1.88 bits per heavy atom. The van der Waals surface area contributed by atoms with Crippen molar-refractivity contribution >= 4 is 5.91 Å². The highest BCUT2D eigenvalue weighted by Gasteiger charge is 2.38. The van der Waals surface area contributed by atoms with E-state index in [0.717, 1.165) is 22.4 Å². The molecule has 1 aromatic rings. The normalized spacial score (nSPS) is 23.6. The minimum absolute atomic E-state index is 0.0570. The van der Waals surface area contributed by atoms with Crippen LogP contribution in [0.3, 0.4) is 0 Å². The van der Waals surface area contributed by atoms with Crippen molar-refractivity contribution in [3.63, 3.8) is 0 Å². The second-order valence-electron chi connectivity index (χ2n) is 4.19. The number of amides is 1. The van der Waals surface area contributed by atoms with E-state index in [1.54, 1.807) is 7.11 Å². The number of methoxy groups -OCH3 is 1. The fourth-order valence-electron chi connectivity index (χ4n) is 2.19. The molecule has 2 atom stereocenters. The average molecular weight is 220 g/mol. The standard InChI is InChI=1S/C12H16N2O2/c1-6-4-8(16-3)5-7(2)9(6)11-10(13)12(15)14-11/h4-5,10-11H,13H2,1-3H3,(H,14,15). The van der Waals surface area contributed by atoms with Crippen LogP contribution in [0.1, 0.15) is 22.7 Å². The molecule has 1 aliphatic heterocycles. The Labute approximate surface area is 94.8 Å². The first-order valence-electron chi connectivity index (χ1n) is 5.25. The SMILES string of the molecule is COc1cc(C)c(C2NC(=O)C2N)c(C)c1. The topological polar surface area (TPSA) is 64.3 Å². The molecule has 1 amide bonds. The maximum absolute atomic E-state index is 11.1. The van der Waals surface area contributed by atoms with Gasteiger partial charge in [-0.05, 0) is 42.7 Å². The maximum atomic E-state index is 11.1. The van der Waals surface area contributed by atoms with Gasteiger partial charge in [-0.2, -0.15) is 0 Å². The molecule has 0 aromatic heterocycles. The third-order valence-electron chi connectivity index (χ3n) is 3.07. The van der Waals surface area contributed by atoms with E-state index >= 15 is 0 Å². The molecular formula is C12H16N2O2. The lowest BCUT2D eigenvalue weighted by Gasteiger charge is -2.36. The molecule has 1 fully saturated rings. The summed E-state index contributed by atoms with van der Waals surface area (Å²) in [5.74, 6) is 0.748. The fourth-order valence-corrected chi connectivity index (χ4v) is 2.19. The van der Waals surface area contributed by atoms with Gasteiger partial charge in [0.1, 0.15) is 11.8 Å². The lowest BCUT2D eigenvalue weighted by atomic mass is 9.86. The fraction of sp³-hybridized carbons (Fsp3) is 0.417. The van der Waals surface area contributed by atoms with Crippen LogP contribution in [0.15, 0.2) is 12.1 Å². The third kappa shape index (κ3) is 1.55. The molecule has 1 aliphatic rings. The molecule has 0 aliphatic carbocycles. The largest absolute Gasteiger partial charge is 0.497 e. The number of carbonyl (C=O) groups excluding carboxylic acids is 1. The van der Waals surface area contributed by atoms with Crippen molar-refractivity contribution in [2.75, 3.05) is 7.11 Å². The van der Waals surface area contributed by atoms with Crippen LogP contribution in [0.25, 0.3) is 0 Å². The number of hydrogen-bond donors (Lipinski definition) is 2. The van der Waals surface area contributed by atoms with E-state index in [1.807, 2.05) is 26.0 Å². The monoisotopic (exact) mass is 220 g/mol. The van der Waals surface area contributed by atoms with Gasteiger partial charge in [-0.3, -0.25) is 4.79 Å². The zero-order valence-corrected chi connectivity index (χ0v) is 9.70. The summed E-state index contributed by atoms with van der Waals surface area (Å²) in [6, 6.07) is 3.43. The van der Waals surface area contributed by atoms with Crippen molar-refractivity contribution in [1.29, 1.82) is 0 Å². The summed E-state index contributed by atoms with van der Waals surface area (Å²) >= 11 is 0. The number of β-lactam (4-membered cyclic amide) rings is 1. The molecule has 0 saturated carbocycles. The highest BCUT2D eigenvalue weighted by Crippen LogP contribution is 2.31. The zero-order valence-electron chi connectivity index (χ0n) is 9.70. The van der Waals surface area contributed by atoms with E-state index in [1.165, 1.54) is 0 Å². The van der Waals surface area contributed by atoms with Gasteiger partial charge in [0, 0.05) is 0 Å². The molecule has 1 aromatic carbocycles. The van der Waals surface area contributed by atoms with E-state index in [4.69, 9.17) is 10.5 Å². The van der Waals surface area contributed by atoms with Gasteiger partial charge in [-0.1, -0.05) is 0 Å². The Kier molecular flexibility index (Phi) is 2.59. The van der Waals surface area contributed by atoms with Crippen molar-refractivity contribution in [3.05, 3.63) is 28.8 Å². The maximum Gasteiger partial charge on any atom is 0.239 e. The second-order valence-corrected chi connectivity index (χ2v) is 4.19. The van der Waals surface area contributed by atoms with Gasteiger partial charge in [0.05, 0.1) is 13.2 Å². The molecule has 1 saturated heterocycles. The number of hydrogen-bond acceptors (Lipinski definition) is 3. The Morgan fingerprint density at radius 1 is 1.31 bits per heavy atom. The number of benzene rings is 1. The lowest BCUT2D eigenvalue weighted by molar-refractivity contribution is -0.130. The van der Waals surface area contributed by atoms with E-state index in [2.05, 4.69) is 5.32 Å². The predicted octanol–water partition coefficient (Wildman–Crippen LogP) is 0.810. The lowest BCUT2D eigenvalue weighted by Crippen LogP contribution is -2.60. The number of ether oxygens (including phenoxy) is 1. The molecule has 2 unspecified atom stereocenters. The van der Waals surface area contributed by atoms with E-state index in [-0.39, 0.29) is 11.9 Å². The quantitative estimate of drug-likeness (QED) is 0.725. The van der Waals surface area contributed by atoms with E-state index in [0.29, 0.717) is 0 Å². The van der Waals surface area contributed by atoms with Crippen LogP contribution in [0.2, 0.25) is 0 Å². The Morgan fingerprint density at radius 3 is 2.25 bits per heavy atom. The Bertz CT molecular complexity index is 420. The molecule has 86 valence electrons. The third-order valence-corrected chi connectivity index (χ3v) is 3.07. The molecule has 2 rings (SSSR count). The van der Waals surface area contributed by atoms with Crippen molar-refractivity contribution in [3.8, 4) is 5.75 Å². The first-order valence-corrected chi connectivity index (χ1v) is 5.25. The number of aryl methyl sites for hydroxylation is 2. The average Bonchev–Trinajstić information content (AvgIpc) is 2.26. The van der Waals surface area contributed by atoms with Gasteiger partial charge in [-0.25, -0.2) is 0 Å². The van der Waals surface area contributed by atoms with Crippen LogP contribution >= 0.6 is 0 Å². The second kappa shape index (κ2) is 3.79. The van der Waals surface area contributed by atoms with Crippen LogP contribution in [-0.2, 0) is 4.79 Å². The Hall–Kier alpha value is -1.55. The first-order chi connectivity index (χ1) is 7.54. The van der Waals surface area contributed by atoms with Crippen LogP contribution in [-0.4, -0.2) is 19.1 Å². The smallest absolute Gasteiger partial charge is 0.239 e. The Balaban J connectivity index is 2.38. The molecule has 0 spiro atoms. The van der Waals surface area contributed by atoms with Crippen molar-refractivity contribution in [2.24, 2.45) is 5.73 Å². The molecule has 4 nitrogen and oxygen atoms in total. The highest BCUT2D eigenvalue weighted by molar-refractivity contribution is 5.89. The van der Waals surface area contributed by atoms with Gasteiger partial charge < -0.3 is 15.8 Å². The molecule has 16 heavy (non-hydrogen) atoms. The van der Waals surface area contributed by atoms with Crippen LogP contribution in [0.5, 0.6) is 5.75 Å². The first kappa shape index (κ1) is 11.0. The van der Waals surface area contributed by atoms with Crippen LogP contribution < -0.4 is 15.8 Å². The minimum Gasteiger partial charge on any atom is -0.497 e. The zero-order chi connectivity index (χ0) is 11.9. The minimum atomic E-state index is -0.425. The van der Waals surface area contributed by atoms with Crippen molar-refractivity contribution in [2.45, 2.75) is 25.9 Å². The number of nitrogens with one attached hydrogen (secondary N) is 1. The highest BCUT2D eigenvalue weighted by atomic mass is 16.5. The summed E-state index contributed by atoms with van der Waals surface area (Å²) in [6.07, 6.45) is 0. The number of rotatable bonds is 2. The van der Waals surface area contributed by atoms with Crippen LogP contribution in [0.4, 0.5) is 0 Å². The summed E-state index contributed by atoms with van der Waals surface area (Å²) < 4.78 is 5.19. The van der Waals surface area contributed by atoms with Gasteiger partial charge in [-0.15, -0.1) is 0 Å². The van der Waals surface area contributed by atoms with Gasteiger partial charge in [0.2, 0.25) is 5.91 Å². The summed E-state index contributed by atoms with van der Waals surface area (Å²) in [6.45, 7) is 4.00. The summed E-state index contributed by atoms with van der Waals surface area (Å²) in [5.41, 5.74) is 9.06. The van der Waals surface area contributed by atoms with E-state index in [9.17, 15) is 4.79 Å². The van der Waals surface area contributed by atoms with E-state index < -0.39 is 6.04 Å². The van der Waals surface area contributed by atoms with Crippen molar-refractivity contribution in [1.82, 2.24) is 5.32 Å². The molecule has 1 heterocycles. The van der Waals surface area contributed by atoms with Crippen LogP contribution in [0, 0.1) is 13.8 Å².